The number of nitrogens with one attached hydrogen (secondary N) is 1. The molecular weight excluding hydrogens is 595 g/mol. The first-order valence-corrected chi connectivity index (χ1v) is 17.3. The lowest BCUT2D eigenvalue weighted by atomic mass is 9.57. The number of carbonyl (C=O) groups excluding carboxylic acids is 2. The smallest absolute Gasteiger partial charge is 0.407 e. The van der Waals surface area contributed by atoms with Gasteiger partial charge in [0.2, 0.25) is 0 Å². The van der Waals surface area contributed by atoms with E-state index in [1.165, 1.54) is 18.4 Å². The third-order valence-electron chi connectivity index (χ3n) is 11.4. The Hall–Kier alpha value is -3.68. The number of alkyl carbamates (subject to hydrolysis) is 1. The van der Waals surface area contributed by atoms with Gasteiger partial charge in [-0.2, -0.15) is 5.26 Å². The number of methoxy groups -OCH3 is 1. The first-order valence-electron chi connectivity index (χ1n) is 17.3. The standard InChI is InChI=1S/C37H49FN6O3/c1-41(2)35(45)32-20-31(12-11-27(32)21-39)44-23-26(24-44)22-42-17-13-28(14-18-42)37(25-43-15-6-16-43,29-7-4-8-30(38)19-29)33-9-5-10-34(33)40-36(46)47-3/h4,7-8,11-12,19-20,26,28,33-34H,5-6,9-10,13-18,22-25H2,1-3H3,(H,40,46)/t33-,34-,37?/m0/s1. The number of benzene rings is 2. The Bertz CT molecular complexity index is 1480. The second-order valence-corrected chi connectivity index (χ2v) is 14.3. The Morgan fingerprint density at radius 1 is 1.02 bits per heavy atom. The largest absolute Gasteiger partial charge is 0.453 e. The fourth-order valence-corrected chi connectivity index (χ4v) is 8.87. The summed E-state index contributed by atoms with van der Waals surface area (Å²) in [5.41, 5.74) is 2.66. The molecule has 4 fully saturated rings. The molecule has 1 N–H and O–H groups in total. The van der Waals surface area contributed by atoms with E-state index in [-0.39, 0.29) is 35.2 Å². The number of nitrogens with zero attached hydrogens (tertiary/aromatic N) is 5. The van der Waals surface area contributed by atoms with E-state index < -0.39 is 0 Å². The minimum atomic E-state index is -0.384. The van der Waals surface area contributed by atoms with Gasteiger partial charge in [-0.15, -0.1) is 0 Å². The Labute approximate surface area is 278 Å². The van der Waals surface area contributed by atoms with Crippen molar-refractivity contribution in [2.75, 3.05) is 78.5 Å². The zero-order valence-corrected chi connectivity index (χ0v) is 28.1. The van der Waals surface area contributed by atoms with Crippen molar-refractivity contribution in [3.05, 3.63) is 65.0 Å². The van der Waals surface area contributed by atoms with E-state index in [1.807, 2.05) is 18.2 Å². The van der Waals surface area contributed by atoms with Crippen LogP contribution in [0.5, 0.6) is 0 Å². The maximum Gasteiger partial charge on any atom is 0.407 e. The van der Waals surface area contributed by atoms with Crippen LogP contribution >= 0.6 is 0 Å². The molecule has 252 valence electrons. The summed E-state index contributed by atoms with van der Waals surface area (Å²) in [6, 6.07) is 15.0. The van der Waals surface area contributed by atoms with Crippen LogP contribution in [0.3, 0.4) is 0 Å². The number of piperidine rings is 1. The first kappa shape index (κ1) is 33.2. The van der Waals surface area contributed by atoms with Gasteiger partial charge in [-0.05, 0) is 106 Å². The summed E-state index contributed by atoms with van der Waals surface area (Å²) in [5, 5.41) is 12.7. The third kappa shape index (κ3) is 6.84. The number of ether oxygens (including phenoxy) is 1. The molecule has 6 rings (SSSR count). The van der Waals surface area contributed by atoms with Crippen molar-refractivity contribution in [2.45, 2.75) is 50.0 Å². The lowest BCUT2D eigenvalue weighted by Crippen LogP contribution is -2.60. The quantitative estimate of drug-likeness (QED) is 0.401. The molecule has 2 aromatic rings. The molecule has 0 bridgehead atoms. The highest BCUT2D eigenvalue weighted by Crippen LogP contribution is 2.51. The van der Waals surface area contributed by atoms with Crippen molar-refractivity contribution < 1.29 is 18.7 Å². The highest BCUT2D eigenvalue weighted by Gasteiger charge is 2.53. The molecule has 2 amide bonds. The van der Waals surface area contributed by atoms with Crippen LogP contribution in [-0.4, -0.2) is 106 Å². The molecule has 4 aliphatic rings. The van der Waals surface area contributed by atoms with E-state index in [4.69, 9.17) is 4.74 Å². The van der Waals surface area contributed by atoms with Gasteiger partial charge in [0.15, 0.2) is 0 Å². The summed E-state index contributed by atoms with van der Waals surface area (Å²) in [4.78, 5) is 34.1. The summed E-state index contributed by atoms with van der Waals surface area (Å²) in [6.07, 6.45) is 5.84. The van der Waals surface area contributed by atoms with Gasteiger partial charge in [0, 0.05) is 63.3 Å². The van der Waals surface area contributed by atoms with Crippen LogP contribution in [0, 0.1) is 34.9 Å². The van der Waals surface area contributed by atoms with Crippen LogP contribution in [0.15, 0.2) is 42.5 Å². The molecular formula is C37H49FN6O3. The van der Waals surface area contributed by atoms with Crippen molar-refractivity contribution in [3.8, 4) is 6.07 Å². The van der Waals surface area contributed by atoms with Crippen LogP contribution in [0.4, 0.5) is 14.9 Å². The van der Waals surface area contributed by atoms with E-state index in [1.54, 1.807) is 32.3 Å². The van der Waals surface area contributed by atoms with Gasteiger partial charge in [0.05, 0.1) is 24.3 Å². The average molecular weight is 645 g/mol. The zero-order valence-electron chi connectivity index (χ0n) is 28.1. The molecule has 3 atom stereocenters. The number of amides is 2. The number of halogens is 1. The lowest BCUT2D eigenvalue weighted by Gasteiger charge is -2.54. The van der Waals surface area contributed by atoms with Gasteiger partial charge < -0.3 is 29.7 Å². The van der Waals surface area contributed by atoms with Gasteiger partial charge in [0.25, 0.3) is 5.91 Å². The summed E-state index contributed by atoms with van der Waals surface area (Å²) < 4.78 is 20.0. The van der Waals surface area contributed by atoms with E-state index in [2.05, 4.69) is 32.2 Å². The van der Waals surface area contributed by atoms with Gasteiger partial charge in [-0.1, -0.05) is 18.6 Å². The average Bonchev–Trinajstić information content (AvgIpc) is 3.50. The van der Waals surface area contributed by atoms with Gasteiger partial charge >= 0.3 is 6.09 Å². The first-order chi connectivity index (χ1) is 22.7. The number of hydrogen-bond acceptors (Lipinski definition) is 7. The number of nitriles is 1. The minimum Gasteiger partial charge on any atom is -0.453 e. The van der Waals surface area contributed by atoms with E-state index >= 15 is 0 Å². The minimum absolute atomic E-state index is 0.00161. The second-order valence-electron chi connectivity index (χ2n) is 14.3. The Balaban J connectivity index is 1.15. The lowest BCUT2D eigenvalue weighted by molar-refractivity contribution is 0.0223. The molecule has 0 spiro atoms. The number of rotatable bonds is 10. The Kier molecular flexibility index (Phi) is 10.0. The Morgan fingerprint density at radius 2 is 1.79 bits per heavy atom. The molecule has 1 saturated carbocycles. The molecule has 3 saturated heterocycles. The highest BCUT2D eigenvalue weighted by atomic mass is 19.1. The van der Waals surface area contributed by atoms with Crippen molar-refractivity contribution in [1.82, 2.24) is 20.0 Å². The van der Waals surface area contributed by atoms with Crippen LogP contribution < -0.4 is 10.2 Å². The van der Waals surface area contributed by atoms with Crippen molar-refractivity contribution in [1.29, 1.82) is 5.26 Å². The second kappa shape index (κ2) is 14.2. The molecule has 3 aliphatic heterocycles. The molecule has 9 nitrogen and oxygen atoms in total. The SMILES string of the molecule is COC(=O)N[C@H]1CCC[C@@H]1C(CN1CCC1)(c1cccc(F)c1)C1CCN(CC2CN(c3ccc(C#N)c(C(=O)N(C)C)c3)C2)CC1. The molecule has 0 aromatic heterocycles. The normalized spacial score (nSPS) is 23.7. The van der Waals surface area contributed by atoms with Crippen molar-refractivity contribution in [3.63, 3.8) is 0 Å². The van der Waals surface area contributed by atoms with Crippen LogP contribution in [0.1, 0.15) is 60.0 Å². The third-order valence-corrected chi connectivity index (χ3v) is 11.4. The summed E-state index contributed by atoms with van der Waals surface area (Å²) in [6.45, 7) is 7.90. The maximum absolute atomic E-state index is 14.9. The summed E-state index contributed by atoms with van der Waals surface area (Å²) >= 11 is 0. The summed E-state index contributed by atoms with van der Waals surface area (Å²) in [7, 11) is 4.83. The van der Waals surface area contributed by atoms with Gasteiger partial charge in [-0.25, -0.2) is 9.18 Å². The maximum atomic E-state index is 14.9. The number of likely N-dealkylation sites (tertiary alicyclic amines) is 2. The van der Waals surface area contributed by atoms with E-state index in [0.717, 1.165) is 95.7 Å². The Morgan fingerprint density at radius 3 is 2.43 bits per heavy atom. The van der Waals surface area contributed by atoms with Crippen LogP contribution in [-0.2, 0) is 10.2 Å². The van der Waals surface area contributed by atoms with Crippen LogP contribution in [0.2, 0.25) is 0 Å². The molecule has 47 heavy (non-hydrogen) atoms. The van der Waals surface area contributed by atoms with Gasteiger partial charge in [-0.3, -0.25) is 4.79 Å². The predicted molar refractivity (Wildman–Crippen MR) is 180 cm³/mol. The zero-order chi connectivity index (χ0) is 33.1. The topological polar surface area (TPSA) is 92.1 Å². The van der Waals surface area contributed by atoms with Crippen molar-refractivity contribution >= 4 is 17.7 Å². The summed E-state index contributed by atoms with van der Waals surface area (Å²) in [5.74, 6) is 0.760. The highest BCUT2D eigenvalue weighted by molar-refractivity contribution is 5.97. The number of anilines is 1. The van der Waals surface area contributed by atoms with E-state index in [0.29, 0.717) is 23.0 Å². The van der Waals surface area contributed by atoms with Crippen molar-refractivity contribution in [2.24, 2.45) is 17.8 Å². The molecule has 10 heteroatoms. The van der Waals surface area contributed by atoms with Crippen LogP contribution in [0.25, 0.3) is 0 Å². The molecule has 3 heterocycles. The fraction of sp³-hybridized carbons (Fsp3) is 0.595. The number of carbonyl (C=O) groups is 2. The van der Waals surface area contributed by atoms with E-state index in [9.17, 15) is 19.2 Å². The predicted octanol–water partition coefficient (Wildman–Crippen LogP) is 4.72. The fourth-order valence-electron chi connectivity index (χ4n) is 8.87. The molecule has 1 aliphatic carbocycles. The number of hydrogen-bond donors (Lipinski definition) is 1. The molecule has 0 radical (unpaired) electrons. The molecule has 1 unspecified atom stereocenters. The molecule has 2 aromatic carbocycles. The monoisotopic (exact) mass is 644 g/mol. The van der Waals surface area contributed by atoms with Gasteiger partial charge in [0.1, 0.15) is 5.82 Å².